The number of rotatable bonds is 8. The molecule has 0 aliphatic carbocycles. The summed E-state index contributed by atoms with van der Waals surface area (Å²) >= 11 is 5.98. The van der Waals surface area contributed by atoms with Crippen molar-refractivity contribution in [3.8, 4) is 17.2 Å². The van der Waals surface area contributed by atoms with E-state index in [1.807, 2.05) is 19.9 Å². The van der Waals surface area contributed by atoms with Crippen LogP contribution in [0.15, 0.2) is 41.3 Å². The third-order valence-electron chi connectivity index (χ3n) is 6.87. The number of pyridine rings is 1. The predicted molar refractivity (Wildman–Crippen MR) is 137 cm³/mol. The number of hydrogen-bond donors (Lipinski definition) is 1. The molecule has 2 unspecified atom stereocenters. The molecule has 2 aliphatic heterocycles. The van der Waals surface area contributed by atoms with Crippen LogP contribution in [0.1, 0.15) is 32.3 Å². The number of amides is 1. The Morgan fingerprint density at radius 2 is 1.97 bits per heavy atom. The molecule has 2 saturated heterocycles. The van der Waals surface area contributed by atoms with Crippen LogP contribution < -0.4 is 11.0 Å². The third kappa shape index (κ3) is 5.46. The summed E-state index contributed by atoms with van der Waals surface area (Å²) in [6.45, 7) is 5.96. The molecule has 196 valence electrons. The molecule has 2 aliphatic rings. The highest BCUT2D eigenvalue weighted by molar-refractivity contribution is 6.31. The molecule has 3 aromatic rings. The number of fused-ring (bicyclic) bond motifs is 2. The van der Waals surface area contributed by atoms with Crippen molar-refractivity contribution in [3.05, 3.63) is 63.4 Å². The molecule has 2 aromatic heterocycles. The first kappa shape index (κ1) is 25.6. The van der Waals surface area contributed by atoms with Crippen LogP contribution in [0.4, 0.5) is 4.39 Å². The van der Waals surface area contributed by atoms with Gasteiger partial charge in [-0.05, 0) is 62.9 Å². The molecule has 5 rings (SSSR count). The van der Waals surface area contributed by atoms with Gasteiger partial charge in [0.2, 0.25) is 5.91 Å². The lowest BCUT2D eigenvalue weighted by Gasteiger charge is -2.34. The molecule has 1 amide bonds. The minimum absolute atomic E-state index is 0.0937. The Kier molecular flexibility index (Phi) is 7.41. The minimum Gasteiger partial charge on any atom is -0.378 e. The van der Waals surface area contributed by atoms with Gasteiger partial charge in [-0.1, -0.05) is 17.7 Å². The number of nitrogens with one attached hydrogen (secondary N) is 1. The Morgan fingerprint density at radius 1 is 1.22 bits per heavy atom. The van der Waals surface area contributed by atoms with Gasteiger partial charge in [0.15, 0.2) is 11.6 Å². The minimum atomic E-state index is -0.585. The number of benzene rings is 1. The van der Waals surface area contributed by atoms with Gasteiger partial charge in [0, 0.05) is 36.4 Å². The summed E-state index contributed by atoms with van der Waals surface area (Å²) in [4.78, 5) is 32.9. The summed E-state index contributed by atoms with van der Waals surface area (Å²) in [6.07, 6.45) is 4.97. The second-order valence-corrected chi connectivity index (χ2v) is 10.3. The molecule has 2 bridgehead atoms. The first-order valence-corrected chi connectivity index (χ1v) is 12.9. The van der Waals surface area contributed by atoms with Crippen LogP contribution in [-0.4, -0.2) is 68.0 Å². The number of aromatic nitrogens is 4. The zero-order chi connectivity index (χ0) is 26.1. The van der Waals surface area contributed by atoms with Gasteiger partial charge in [0.05, 0.1) is 18.2 Å². The quantitative estimate of drug-likeness (QED) is 0.483. The monoisotopic (exact) mass is 528 g/mol. The molecule has 0 saturated carbocycles. The first-order valence-electron chi connectivity index (χ1n) is 12.5. The van der Waals surface area contributed by atoms with Crippen molar-refractivity contribution in [1.29, 1.82) is 0 Å². The highest BCUT2D eigenvalue weighted by atomic mass is 35.5. The molecule has 37 heavy (non-hydrogen) atoms. The molecule has 11 heteroatoms. The van der Waals surface area contributed by atoms with Crippen LogP contribution in [0, 0.1) is 5.82 Å². The second kappa shape index (κ2) is 10.7. The molecular formula is C26H30ClFN6O3. The molecule has 2 atom stereocenters. The molecule has 4 heterocycles. The molecule has 9 nitrogen and oxygen atoms in total. The van der Waals surface area contributed by atoms with E-state index >= 15 is 0 Å². The van der Waals surface area contributed by atoms with Crippen LogP contribution in [0.2, 0.25) is 5.02 Å². The molecule has 2 fully saturated rings. The van der Waals surface area contributed by atoms with Gasteiger partial charge >= 0.3 is 5.69 Å². The van der Waals surface area contributed by atoms with Crippen LogP contribution in [0.25, 0.3) is 17.2 Å². The number of morpholine rings is 1. The van der Waals surface area contributed by atoms with Crippen molar-refractivity contribution in [1.82, 2.24) is 29.5 Å². The van der Waals surface area contributed by atoms with Gasteiger partial charge in [-0.2, -0.15) is 4.68 Å². The summed E-state index contributed by atoms with van der Waals surface area (Å²) in [7, 11) is 0. The number of carbonyl (C=O) groups excluding carboxylic acids is 1. The van der Waals surface area contributed by atoms with E-state index in [2.05, 4.69) is 20.3 Å². The Balaban J connectivity index is 1.40. The van der Waals surface area contributed by atoms with Gasteiger partial charge in [-0.3, -0.25) is 14.3 Å². The van der Waals surface area contributed by atoms with E-state index in [4.69, 9.17) is 16.3 Å². The Labute approximate surface area is 219 Å². The summed E-state index contributed by atoms with van der Waals surface area (Å²) in [6, 6.07) is 8.65. The highest BCUT2D eigenvalue weighted by Crippen LogP contribution is 2.29. The van der Waals surface area contributed by atoms with Gasteiger partial charge in [-0.15, -0.1) is 5.10 Å². The normalized spacial score (nSPS) is 19.5. The zero-order valence-corrected chi connectivity index (χ0v) is 21.6. The second-order valence-electron chi connectivity index (χ2n) is 9.89. The summed E-state index contributed by atoms with van der Waals surface area (Å²) in [5.74, 6) is -0.401. The summed E-state index contributed by atoms with van der Waals surface area (Å²) in [5, 5.41) is 7.13. The van der Waals surface area contributed by atoms with Crippen molar-refractivity contribution < 1.29 is 13.9 Å². The van der Waals surface area contributed by atoms with Crippen molar-refractivity contribution in [2.24, 2.45) is 0 Å². The average molecular weight is 529 g/mol. The number of ether oxygens (including phenoxy) is 1. The van der Waals surface area contributed by atoms with Crippen molar-refractivity contribution in [3.63, 3.8) is 0 Å². The Hall–Kier alpha value is -3.08. The van der Waals surface area contributed by atoms with Gasteiger partial charge in [0.1, 0.15) is 12.4 Å². The number of carbonyl (C=O) groups is 1. The summed E-state index contributed by atoms with van der Waals surface area (Å²) in [5.41, 5.74) is 0.944. The molecular weight excluding hydrogens is 499 g/mol. The van der Waals surface area contributed by atoms with Crippen LogP contribution in [0.5, 0.6) is 0 Å². The Morgan fingerprint density at radius 3 is 2.62 bits per heavy atom. The fraction of sp³-hybridized carbons (Fsp3) is 0.462. The Bertz CT molecular complexity index is 1320. The molecule has 1 aromatic carbocycles. The standard InChI is InChI=1S/C26H30ClFN6O3/c1-16(2)30-24(35)13-33-25(18-4-7-22(28)21(27)11-18)31-34(26(33)36)23-8-3-17(12-29-23)9-10-32-19-5-6-20(32)15-37-14-19/h3-4,7-8,11-12,16,19-20H,5-6,9-10,13-15H2,1-2H3,(H,30,35). The van der Waals surface area contributed by atoms with E-state index < -0.39 is 11.5 Å². The van der Waals surface area contributed by atoms with Crippen LogP contribution in [-0.2, 0) is 22.5 Å². The third-order valence-corrected chi connectivity index (χ3v) is 7.16. The number of nitrogens with zero attached hydrogens (tertiary/aromatic N) is 5. The van der Waals surface area contributed by atoms with Crippen LogP contribution in [0.3, 0.4) is 0 Å². The van der Waals surface area contributed by atoms with Gasteiger partial charge in [0.25, 0.3) is 0 Å². The summed E-state index contributed by atoms with van der Waals surface area (Å²) < 4.78 is 21.8. The maximum absolute atomic E-state index is 13.8. The smallest absolute Gasteiger partial charge is 0.352 e. The lowest BCUT2D eigenvalue weighted by molar-refractivity contribution is -0.122. The average Bonchev–Trinajstić information content (AvgIpc) is 3.29. The van der Waals surface area contributed by atoms with Crippen LogP contribution >= 0.6 is 11.6 Å². The molecule has 0 radical (unpaired) electrons. The number of halogens is 2. The van der Waals surface area contributed by atoms with Gasteiger partial charge in [-0.25, -0.2) is 14.2 Å². The number of hydrogen-bond acceptors (Lipinski definition) is 6. The predicted octanol–water partition coefficient (Wildman–Crippen LogP) is 2.82. The maximum Gasteiger partial charge on any atom is 0.352 e. The van der Waals surface area contributed by atoms with Gasteiger partial charge < -0.3 is 10.1 Å². The van der Waals surface area contributed by atoms with E-state index in [-0.39, 0.29) is 29.3 Å². The molecule has 1 N–H and O–H groups in total. The fourth-order valence-electron chi connectivity index (χ4n) is 5.07. The van der Waals surface area contributed by atoms with Crippen molar-refractivity contribution in [2.75, 3.05) is 19.8 Å². The van der Waals surface area contributed by atoms with E-state index in [1.54, 1.807) is 12.3 Å². The van der Waals surface area contributed by atoms with E-state index in [0.29, 0.717) is 23.5 Å². The lowest BCUT2D eigenvalue weighted by atomic mass is 10.1. The lowest BCUT2D eigenvalue weighted by Crippen LogP contribution is -2.46. The fourth-order valence-corrected chi connectivity index (χ4v) is 5.25. The SMILES string of the molecule is CC(C)NC(=O)Cn1c(-c2ccc(F)c(Cl)c2)nn(-c2ccc(CCN3C4CCC3COC4)cn2)c1=O. The maximum atomic E-state index is 13.8. The highest BCUT2D eigenvalue weighted by Gasteiger charge is 2.36. The van der Waals surface area contributed by atoms with Crippen molar-refractivity contribution in [2.45, 2.75) is 57.8 Å². The van der Waals surface area contributed by atoms with E-state index in [0.717, 1.165) is 36.4 Å². The van der Waals surface area contributed by atoms with Crippen molar-refractivity contribution >= 4 is 17.5 Å². The van der Waals surface area contributed by atoms with E-state index in [1.165, 1.54) is 35.6 Å². The topological polar surface area (TPSA) is 94.3 Å². The largest absolute Gasteiger partial charge is 0.378 e. The van der Waals surface area contributed by atoms with E-state index in [9.17, 15) is 14.0 Å². The zero-order valence-electron chi connectivity index (χ0n) is 20.9. The first-order chi connectivity index (χ1) is 17.8. The molecule has 0 spiro atoms.